The van der Waals surface area contributed by atoms with E-state index in [1.807, 2.05) is 0 Å². The summed E-state index contributed by atoms with van der Waals surface area (Å²) < 4.78 is 106. The van der Waals surface area contributed by atoms with Crippen LogP contribution < -0.4 is 4.74 Å². The molecular weight excluding hydrogens is 633 g/mol. The van der Waals surface area contributed by atoms with Crippen LogP contribution in [0.5, 0.6) is 5.75 Å². The molecule has 0 spiro atoms. The Balaban J connectivity index is 1.77. The van der Waals surface area contributed by atoms with Gasteiger partial charge in [-0.3, -0.25) is 0 Å². The maximum Gasteiger partial charge on any atom is 0.387 e. The van der Waals surface area contributed by atoms with Crippen LogP contribution in [0.3, 0.4) is 0 Å². The van der Waals surface area contributed by atoms with Gasteiger partial charge in [0.2, 0.25) is 0 Å². The number of alkyl halides is 2. The summed E-state index contributed by atoms with van der Waals surface area (Å²) in [5.74, 6) is -5.04. The standard InChI is InChI=1S/C29H21ClF5N3O5S/c1-13-20(30)11-38(37-13)24-5-4-15(16-7-21(31)19(12-39)25(10-16)44(3,40)41)6-18(24)27-26(36-14(2)42-27)17-8-22(32)28(23(33)9-17)43-29(34)35/h4-11,29,39H,12H2,1-3H3. The first-order valence-electron chi connectivity index (χ1n) is 12.6. The highest BCUT2D eigenvalue weighted by Crippen LogP contribution is 2.41. The molecule has 230 valence electrons. The quantitative estimate of drug-likeness (QED) is 0.179. The number of hydrogen-bond acceptors (Lipinski definition) is 7. The molecule has 0 bridgehead atoms. The number of aryl methyl sites for hydroxylation is 2. The molecule has 2 heterocycles. The van der Waals surface area contributed by atoms with Gasteiger partial charge in [0.05, 0.1) is 27.9 Å². The summed E-state index contributed by atoms with van der Waals surface area (Å²) in [4.78, 5) is 3.85. The zero-order valence-electron chi connectivity index (χ0n) is 23.0. The van der Waals surface area contributed by atoms with Gasteiger partial charge in [-0.1, -0.05) is 17.7 Å². The lowest BCUT2D eigenvalue weighted by atomic mass is 9.97. The van der Waals surface area contributed by atoms with E-state index >= 15 is 4.39 Å². The van der Waals surface area contributed by atoms with Crippen LogP contribution in [0.1, 0.15) is 17.1 Å². The first-order chi connectivity index (χ1) is 20.7. The molecule has 0 saturated carbocycles. The Morgan fingerprint density at radius 2 is 1.66 bits per heavy atom. The minimum atomic E-state index is -3.96. The van der Waals surface area contributed by atoms with E-state index in [0.29, 0.717) is 16.4 Å². The second-order valence-electron chi connectivity index (χ2n) is 9.66. The summed E-state index contributed by atoms with van der Waals surface area (Å²) in [6.07, 6.45) is 2.37. The molecule has 5 rings (SSSR count). The Kier molecular flexibility index (Phi) is 8.27. The van der Waals surface area contributed by atoms with Crippen LogP contribution in [-0.2, 0) is 16.4 Å². The Labute approximate surface area is 252 Å². The summed E-state index contributed by atoms with van der Waals surface area (Å²) in [6.45, 7) is -1.20. The van der Waals surface area contributed by atoms with Crippen molar-refractivity contribution in [2.24, 2.45) is 0 Å². The maximum atomic E-state index is 15.0. The fraction of sp³-hybridized carbons (Fsp3) is 0.172. The molecule has 0 amide bonds. The number of hydrogen-bond donors (Lipinski definition) is 1. The Morgan fingerprint density at radius 1 is 1.00 bits per heavy atom. The van der Waals surface area contributed by atoms with Gasteiger partial charge in [-0.05, 0) is 54.4 Å². The maximum absolute atomic E-state index is 15.0. The second kappa shape index (κ2) is 11.7. The van der Waals surface area contributed by atoms with E-state index in [1.54, 1.807) is 19.1 Å². The predicted molar refractivity (Wildman–Crippen MR) is 150 cm³/mol. The zero-order chi connectivity index (χ0) is 32.1. The summed E-state index contributed by atoms with van der Waals surface area (Å²) in [7, 11) is -3.96. The highest BCUT2D eigenvalue weighted by Gasteiger charge is 2.25. The summed E-state index contributed by atoms with van der Waals surface area (Å²) in [6, 6.07) is 8.34. The van der Waals surface area contributed by atoms with Crippen LogP contribution in [0.15, 0.2) is 58.0 Å². The van der Waals surface area contributed by atoms with E-state index in [4.69, 9.17) is 16.0 Å². The molecule has 0 aliphatic rings. The number of aromatic nitrogens is 3. The van der Waals surface area contributed by atoms with Crippen LogP contribution >= 0.6 is 11.6 Å². The van der Waals surface area contributed by atoms with E-state index in [2.05, 4.69) is 14.8 Å². The molecule has 0 unspecified atom stereocenters. The molecule has 1 N–H and O–H groups in total. The van der Waals surface area contributed by atoms with Gasteiger partial charge in [0.1, 0.15) is 11.5 Å². The van der Waals surface area contributed by atoms with Gasteiger partial charge in [-0.25, -0.2) is 31.3 Å². The van der Waals surface area contributed by atoms with E-state index in [0.717, 1.165) is 24.5 Å². The number of sulfone groups is 1. The monoisotopic (exact) mass is 653 g/mol. The lowest BCUT2D eigenvalue weighted by Crippen LogP contribution is -2.06. The highest BCUT2D eigenvalue weighted by atomic mass is 35.5. The van der Waals surface area contributed by atoms with Gasteiger partial charge in [-0.15, -0.1) is 0 Å². The minimum Gasteiger partial charge on any atom is -0.440 e. The number of nitrogens with zero attached hydrogens (tertiary/aromatic N) is 3. The van der Waals surface area contributed by atoms with Crippen molar-refractivity contribution in [2.75, 3.05) is 6.26 Å². The number of aliphatic hydroxyl groups is 1. The van der Waals surface area contributed by atoms with Crippen molar-refractivity contribution in [3.63, 3.8) is 0 Å². The molecule has 0 aliphatic heterocycles. The van der Waals surface area contributed by atoms with Gasteiger partial charge >= 0.3 is 6.61 Å². The summed E-state index contributed by atoms with van der Waals surface area (Å²) >= 11 is 6.24. The topological polar surface area (TPSA) is 107 Å². The smallest absolute Gasteiger partial charge is 0.387 e. The van der Waals surface area contributed by atoms with Crippen molar-refractivity contribution in [2.45, 2.75) is 32.0 Å². The zero-order valence-corrected chi connectivity index (χ0v) is 24.6. The Morgan fingerprint density at radius 3 is 2.23 bits per heavy atom. The molecule has 0 aliphatic carbocycles. The van der Waals surface area contributed by atoms with Crippen molar-refractivity contribution >= 4 is 21.4 Å². The number of oxazole rings is 1. The average molecular weight is 654 g/mol. The number of aliphatic hydroxyl groups excluding tert-OH is 1. The van der Waals surface area contributed by atoms with Crippen molar-refractivity contribution in [3.8, 4) is 45.1 Å². The SMILES string of the molecule is Cc1nc(-c2cc(F)c(OC(F)F)c(F)c2)c(-c2cc(-c3cc(F)c(CO)c(S(C)(=O)=O)c3)ccc2-n2cc(Cl)c(C)n2)o1. The van der Waals surface area contributed by atoms with Gasteiger partial charge < -0.3 is 14.3 Å². The number of ether oxygens (including phenoxy) is 1. The Bertz CT molecular complexity index is 1990. The van der Waals surface area contributed by atoms with Crippen molar-refractivity contribution in [1.82, 2.24) is 14.8 Å². The number of rotatable bonds is 8. The number of halogens is 6. The lowest BCUT2D eigenvalue weighted by Gasteiger charge is -2.14. The first kappa shape index (κ1) is 31.2. The molecular formula is C29H21ClF5N3O5S. The Hall–Kier alpha value is -4.27. The fourth-order valence-corrected chi connectivity index (χ4v) is 5.71. The second-order valence-corrected chi connectivity index (χ2v) is 12.1. The lowest BCUT2D eigenvalue weighted by molar-refractivity contribution is -0.0546. The minimum absolute atomic E-state index is 0.0410. The van der Waals surface area contributed by atoms with Gasteiger partial charge in [-0.2, -0.15) is 13.9 Å². The van der Waals surface area contributed by atoms with Crippen LogP contribution in [-0.4, -0.2) is 41.2 Å². The largest absolute Gasteiger partial charge is 0.440 e. The number of benzene rings is 3. The summed E-state index contributed by atoms with van der Waals surface area (Å²) in [5.41, 5.74) is 0.735. The van der Waals surface area contributed by atoms with Gasteiger partial charge in [0, 0.05) is 36.1 Å². The van der Waals surface area contributed by atoms with E-state index in [9.17, 15) is 31.1 Å². The van der Waals surface area contributed by atoms with Crippen LogP contribution in [0.4, 0.5) is 22.0 Å². The molecule has 5 aromatic rings. The predicted octanol–water partition coefficient (Wildman–Crippen LogP) is 7.05. The molecule has 0 atom stereocenters. The van der Waals surface area contributed by atoms with Crippen molar-refractivity contribution < 1.29 is 44.6 Å². The van der Waals surface area contributed by atoms with Crippen molar-refractivity contribution in [3.05, 3.63) is 88.3 Å². The molecule has 15 heteroatoms. The molecule has 3 aromatic carbocycles. The molecule has 2 aromatic heterocycles. The summed E-state index contributed by atoms with van der Waals surface area (Å²) in [5, 5.41) is 14.3. The van der Waals surface area contributed by atoms with Crippen LogP contribution in [0.2, 0.25) is 5.02 Å². The first-order valence-corrected chi connectivity index (χ1v) is 14.9. The van der Waals surface area contributed by atoms with Gasteiger partial charge in [0.15, 0.2) is 38.9 Å². The van der Waals surface area contributed by atoms with Crippen LogP contribution in [0, 0.1) is 31.3 Å². The molecule has 44 heavy (non-hydrogen) atoms. The third-order valence-corrected chi connectivity index (χ3v) is 8.12. The van der Waals surface area contributed by atoms with E-state index in [-0.39, 0.29) is 39.6 Å². The molecule has 0 fully saturated rings. The average Bonchev–Trinajstić information content (AvgIpc) is 3.50. The fourth-order valence-electron chi connectivity index (χ4n) is 4.63. The van der Waals surface area contributed by atoms with Crippen LogP contribution in [0.25, 0.3) is 39.4 Å². The van der Waals surface area contributed by atoms with E-state index in [1.165, 1.54) is 29.9 Å². The van der Waals surface area contributed by atoms with E-state index < -0.39 is 56.7 Å². The molecule has 0 radical (unpaired) electrons. The van der Waals surface area contributed by atoms with Crippen molar-refractivity contribution in [1.29, 1.82) is 0 Å². The highest BCUT2D eigenvalue weighted by molar-refractivity contribution is 7.90. The third kappa shape index (κ3) is 5.92. The third-order valence-electron chi connectivity index (χ3n) is 6.59. The van der Waals surface area contributed by atoms with Gasteiger partial charge in [0.25, 0.3) is 0 Å². The normalized spacial score (nSPS) is 11.9. The molecule has 8 nitrogen and oxygen atoms in total. The molecule has 0 saturated heterocycles.